The Morgan fingerprint density at radius 3 is 1.88 bits per heavy atom. The maximum Gasteiger partial charge on any atom is 0.00402 e. The van der Waals surface area contributed by atoms with Gasteiger partial charge in [0.1, 0.15) is 0 Å². The lowest BCUT2D eigenvalue weighted by Gasteiger charge is -2.32. The van der Waals surface area contributed by atoms with E-state index in [4.69, 9.17) is 0 Å². The van der Waals surface area contributed by atoms with Crippen molar-refractivity contribution in [1.82, 2.24) is 5.32 Å². The average molecular weight is 219 g/mol. The van der Waals surface area contributed by atoms with Crippen LogP contribution in [0, 0.1) is 0 Å². The van der Waals surface area contributed by atoms with Gasteiger partial charge in [0.25, 0.3) is 0 Å². The molecule has 1 heteroatoms. The van der Waals surface area contributed by atoms with E-state index in [0.29, 0.717) is 0 Å². The van der Waals surface area contributed by atoms with Crippen LogP contribution in [0.2, 0.25) is 0 Å². The third-order valence-electron chi connectivity index (χ3n) is 3.08. The van der Waals surface area contributed by atoms with Gasteiger partial charge < -0.3 is 5.32 Å². The molecule has 0 aliphatic heterocycles. The molecule has 1 nitrogen and oxygen atoms in total. The van der Waals surface area contributed by atoms with Crippen LogP contribution in [0.1, 0.15) is 45.7 Å². The third kappa shape index (κ3) is 2.85. The van der Waals surface area contributed by atoms with Gasteiger partial charge in [-0.2, -0.15) is 0 Å². The standard InChI is InChI=1S/C15H25N/c1-14(2,3)12-9-7-8-10-13(12)15(4,5)11-16-6/h7-10,16H,11H2,1-6H3. The van der Waals surface area contributed by atoms with E-state index in [2.05, 4.69) is 64.2 Å². The second-order valence-electron chi connectivity index (χ2n) is 6.21. The predicted molar refractivity (Wildman–Crippen MR) is 72.1 cm³/mol. The summed E-state index contributed by atoms with van der Waals surface area (Å²) in [5.41, 5.74) is 3.30. The Morgan fingerprint density at radius 2 is 1.44 bits per heavy atom. The van der Waals surface area contributed by atoms with Gasteiger partial charge in [-0.3, -0.25) is 0 Å². The minimum absolute atomic E-state index is 0.179. The van der Waals surface area contributed by atoms with Crippen LogP contribution < -0.4 is 5.32 Å². The summed E-state index contributed by atoms with van der Waals surface area (Å²) in [6.45, 7) is 12.4. The minimum atomic E-state index is 0.179. The Labute approximate surface area is 100 Å². The first-order valence-corrected chi connectivity index (χ1v) is 6.03. The van der Waals surface area contributed by atoms with Crippen molar-refractivity contribution in [3.05, 3.63) is 35.4 Å². The van der Waals surface area contributed by atoms with Gasteiger partial charge in [0, 0.05) is 12.0 Å². The number of nitrogens with one attached hydrogen (secondary N) is 1. The fourth-order valence-corrected chi connectivity index (χ4v) is 2.26. The summed E-state index contributed by atoms with van der Waals surface area (Å²) in [5.74, 6) is 0. The molecule has 0 radical (unpaired) electrons. The molecule has 0 spiro atoms. The van der Waals surface area contributed by atoms with Gasteiger partial charge in [0.2, 0.25) is 0 Å². The van der Waals surface area contributed by atoms with Crippen LogP contribution in [0.4, 0.5) is 0 Å². The molecule has 1 rings (SSSR count). The number of rotatable bonds is 3. The molecular weight excluding hydrogens is 194 g/mol. The molecule has 1 aromatic rings. The highest BCUT2D eigenvalue weighted by Crippen LogP contribution is 2.33. The zero-order valence-corrected chi connectivity index (χ0v) is 11.5. The van der Waals surface area contributed by atoms with Crippen molar-refractivity contribution in [2.45, 2.75) is 45.4 Å². The molecule has 0 aromatic heterocycles. The second kappa shape index (κ2) is 4.58. The first-order chi connectivity index (χ1) is 7.29. The van der Waals surface area contributed by atoms with Gasteiger partial charge in [0.05, 0.1) is 0 Å². The van der Waals surface area contributed by atoms with Crippen LogP contribution in [-0.4, -0.2) is 13.6 Å². The van der Waals surface area contributed by atoms with Crippen LogP contribution in [0.5, 0.6) is 0 Å². The van der Waals surface area contributed by atoms with Gasteiger partial charge in [-0.25, -0.2) is 0 Å². The normalized spacial score (nSPS) is 12.9. The molecule has 0 saturated heterocycles. The third-order valence-corrected chi connectivity index (χ3v) is 3.08. The molecule has 90 valence electrons. The van der Waals surface area contributed by atoms with E-state index in [9.17, 15) is 0 Å². The summed E-state index contributed by atoms with van der Waals surface area (Å²) in [6.07, 6.45) is 0. The lowest BCUT2D eigenvalue weighted by molar-refractivity contribution is 0.472. The van der Waals surface area contributed by atoms with Crippen molar-refractivity contribution in [3.63, 3.8) is 0 Å². The number of likely N-dealkylation sites (N-methyl/N-ethyl adjacent to an activating group) is 1. The summed E-state index contributed by atoms with van der Waals surface area (Å²) in [6, 6.07) is 8.80. The van der Waals surface area contributed by atoms with Crippen molar-refractivity contribution in [1.29, 1.82) is 0 Å². The summed E-state index contributed by atoms with van der Waals surface area (Å²) in [4.78, 5) is 0. The van der Waals surface area contributed by atoms with Crippen LogP contribution in [0.3, 0.4) is 0 Å². The van der Waals surface area contributed by atoms with Gasteiger partial charge in [-0.15, -0.1) is 0 Å². The minimum Gasteiger partial charge on any atom is -0.319 e. The SMILES string of the molecule is CNCC(C)(C)c1ccccc1C(C)(C)C. The Balaban J connectivity index is 3.23. The first kappa shape index (κ1) is 13.2. The van der Waals surface area contributed by atoms with E-state index in [-0.39, 0.29) is 10.8 Å². The van der Waals surface area contributed by atoms with Crippen LogP contribution in [0.25, 0.3) is 0 Å². The zero-order valence-electron chi connectivity index (χ0n) is 11.5. The number of hydrogen-bond donors (Lipinski definition) is 1. The van der Waals surface area contributed by atoms with Gasteiger partial charge in [-0.1, -0.05) is 58.9 Å². The Hall–Kier alpha value is -0.820. The van der Waals surface area contributed by atoms with E-state index < -0.39 is 0 Å². The molecule has 0 heterocycles. The molecule has 0 aliphatic carbocycles. The highest BCUT2D eigenvalue weighted by molar-refractivity contribution is 5.38. The van der Waals surface area contributed by atoms with E-state index in [1.165, 1.54) is 11.1 Å². The number of benzene rings is 1. The van der Waals surface area contributed by atoms with Gasteiger partial charge >= 0.3 is 0 Å². The molecule has 0 aliphatic rings. The second-order valence-corrected chi connectivity index (χ2v) is 6.21. The van der Waals surface area contributed by atoms with Crippen molar-refractivity contribution in [2.75, 3.05) is 13.6 Å². The molecule has 0 unspecified atom stereocenters. The molecule has 0 bridgehead atoms. The zero-order chi connectivity index (χ0) is 12.4. The Bertz CT molecular complexity index is 345. The quantitative estimate of drug-likeness (QED) is 0.820. The maximum absolute atomic E-state index is 3.29. The molecule has 1 N–H and O–H groups in total. The lowest BCUT2D eigenvalue weighted by atomic mass is 9.74. The first-order valence-electron chi connectivity index (χ1n) is 6.03. The van der Waals surface area contributed by atoms with Gasteiger partial charge in [0.15, 0.2) is 0 Å². The number of hydrogen-bond acceptors (Lipinski definition) is 1. The molecule has 1 aromatic carbocycles. The van der Waals surface area contributed by atoms with Crippen LogP contribution in [0.15, 0.2) is 24.3 Å². The summed E-state index contributed by atoms with van der Waals surface area (Å²) in [5, 5.41) is 3.29. The van der Waals surface area contributed by atoms with Crippen LogP contribution in [-0.2, 0) is 10.8 Å². The fourth-order valence-electron chi connectivity index (χ4n) is 2.26. The van der Waals surface area contributed by atoms with E-state index in [1.807, 2.05) is 7.05 Å². The molecule has 0 fully saturated rings. The molecule has 0 amide bonds. The topological polar surface area (TPSA) is 12.0 Å². The molecule has 0 saturated carbocycles. The van der Waals surface area contributed by atoms with Crippen molar-refractivity contribution >= 4 is 0 Å². The highest BCUT2D eigenvalue weighted by Gasteiger charge is 2.27. The van der Waals surface area contributed by atoms with Crippen molar-refractivity contribution in [3.8, 4) is 0 Å². The Kier molecular flexibility index (Phi) is 3.80. The summed E-state index contributed by atoms with van der Waals surface area (Å²) < 4.78 is 0. The van der Waals surface area contributed by atoms with Crippen molar-refractivity contribution in [2.24, 2.45) is 0 Å². The summed E-state index contributed by atoms with van der Waals surface area (Å²) >= 11 is 0. The molecule has 0 atom stereocenters. The van der Waals surface area contributed by atoms with Crippen molar-refractivity contribution < 1.29 is 0 Å². The molecule has 16 heavy (non-hydrogen) atoms. The maximum atomic E-state index is 3.29. The van der Waals surface area contributed by atoms with Crippen LogP contribution >= 0.6 is 0 Å². The monoisotopic (exact) mass is 219 g/mol. The fraction of sp³-hybridized carbons (Fsp3) is 0.600. The Morgan fingerprint density at radius 1 is 0.938 bits per heavy atom. The van der Waals surface area contributed by atoms with E-state index in [0.717, 1.165) is 6.54 Å². The largest absolute Gasteiger partial charge is 0.319 e. The summed E-state index contributed by atoms with van der Waals surface area (Å²) in [7, 11) is 2.02. The average Bonchev–Trinajstić information content (AvgIpc) is 2.16. The van der Waals surface area contributed by atoms with Gasteiger partial charge in [-0.05, 0) is 23.6 Å². The van der Waals surface area contributed by atoms with E-state index >= 15 is 0 Å². The highest BCUT2D eigenvalue weighted by atomic mass is 14.8. The predicted octanol–water partition coefficient (Wildman–Crippen LogP) is 3.48. The van der Waals surface area contributed by atoms with E-state index in [1.54, 1.807) is 0 Å². The smallest absolute Gasteiger partial charge is 0.00402 e. The lowest BCUT2D eigenvalue weighted by Crippen LogP contribution is -2.33. The molecular formula is C15H25N.